The lowest BCUT2D eigenvalue weighted by Gasteiger charge is -2.30. The van der Waals surface area contributed by atoms with Crippen molar-refractivity contribution in [2.24, 2.45) is 0 Å². The van der Waals surface area contributed by atoms with Crippen molar-refractivity contribution in [3.05, 3.63) is 30.3 Å². The summed E-state index contributed by atoms with van der Waals surface area (Å²) in [5, 5.41) is 0. The molecule has 1 heteroatoms. The monoisotopic (exact) mass is 203 g/mol. The predicted octanol–water partition coefficient (Wildman–Crippen LogP) is 3.85. The van der Waals surface area contributed by atoms with Crippen molar-refractivity contribution in [1.82, 2.24) is 0 Å². The molecule has 0 N–H and O–H groups in total. The number of hydrogen-bond donors (Lipinski definition) is 0. The lowest BCUT2D eigenvalue weighted by Crippen LogP contribution is -2.33. The van der Waals surface area contributed by atoms with E-state index in [0.29, 0.717) is 0 Å². The highest BCUT2D eigenvalue weighted by Crippen LogP contribution is 2.28. The summed E-state index contributed by atoms with van der Waals surface area (Å²) in [4.78, 5) is 2.60. The van der Waals surface area contributed by atoms with Gasteiger partial charge in [0.2, 0.25) is 0 Å². The molecule has 0 radical (unpaired) electrons. The van der Waals surface area contributed by atoms with Crippen LogP contribution in [-0.4, -0.2) is 12.6 Å². The highest BCUT2D eigenvalue weighted by Gasteiger charge is 2.21. The fourth-order valence-electron chi connectivity index (χ4n) is 2.60. The third-order valence-corrected chi connectivity index (χ3v) is 3.32. The second-order valence-electron chi connectivity index (χ2n) is 4.47. The summed E-state index contributed by atoms with van der Waals surface area (Å²) in [6.07, 6.45) is 6.84. The summed E-state index contributed by atoms with van der Waals surface area (Å²) in [5.74, 6) is 0. The smallest absolute Gasteiger partial charge is 0.0368 e. The van der Waals surface area contributed by atoms with E-state index in [1.54, 1.807) is 0 Å². The molecule has 0 saturated heterocycles. The molecule has 1 aromatic rings. The van der Waals surface area contributed by atoms with Gasteiger partial charge in [0.15, 0.2) is 0 Å². The van der Waals surface area contributed by atoms with Gasteiger partial charge in [-0.15, -0.1) is 0 Å². The minimum atomic E-state index is 0.798. The summed E-state index contributed by atoms with van der Waals surface area (Å²) in [6.45, 7) is 3.47. The third kappa shape index (κ3) is 2.53. The Hall–Kier alpha value is -0.980. The zero-order valence-electron chi connectivity index (χ0n) is 9.65. The van der Waals surface area contributed by atoms with Crippen molar-refractivity contribution in [2.45, 2.75) is 45.1 Å². The molecule has 0 spiro atoms. The van der Waals surface area contributed by atoms with E-state index in [1.165, 1.54) is 44.3 Å². The summed E-state index contributed by atoms with van der Waals surface area (Å²) in [7, 11) is 0. The molecule has 0 bridgehead atoms. The van der Waals surface area contributed by atoms with Crippen LogP contribution in [0.2, 0.25) is 0 Å². The van der Waals surface area contributed by atoms with Crippen LogP contribution in [-0.2, 0) is 0 Å². The lowest BCUT2D eigenvalue weighted by atomic mass is 10.1. The molecule has 0 aromatic heterocycles. The first-order chi connectivity index (χ1) is 7.42. The second-order valence-corrected chi connectivity index (χ2v) is 4.47. The molecule has 1 saturated carbocycles. The highest BCUT2D eigenvalue weighted by molar-refractivity contribution is 5.47. The van der Waals surface area contributed by atoms with E-state index in [9.17, 15) is 0 Å². The molecule has 1 aliphatic rings. The van der Waals surface area contributed by atoms with E-state index in [0.717, 1.165) is 6.04 Å². The van der Waals surface area contributed by atoms with Crippen molar-refractivity contribution in [3.63, 3.8) is 0 Å². The average molecular weight is 203 g/mol. The normalized spacial score (nSPS) is 16.9. The molecule has 0 atom stereocenters. The maximum atomic E-state index is 2.60. The van der Waals surface area contributed by atoms with Gasteiger partial charge in [0.05, 0.1) is 0 Å². The minimum absolute atomic E-state index is 0.798. The van der Waals surface area contributed by atoms with Crippen molar-refractivity contribution in [3.8, 4) is 0 Å². The van der Waals surface area contributed by atoms with Crippen LogP contribution in [0.15, 0.2) is 30.3 Å². The van der Waals surface area contributed by atoms with Gasteiger partial charge in [-0.1, -0.05) is 38.0 Å². The van der Waals surface area contributed by atoms with Crippen LogP contribution in [0.4, 0.5) is 5.69 Å². The third-order valence-electron chi connectivity index (χ3n) is 3.32. The van der Waals surface area contributed by atoms with Crippen LogP contribution in [0.1, 0.15) is 39.0 Å². The molecular formula is C14H21N. The van der Waals surface area contributed by atoms with Gasteiger partial charge in [-0.05, 0) is 31.4 Å². The van der Waals surface area contributed by atoms with Gasteiger partial charge in [-0.3, -0.25) is 0 Å². The van der Waals surface area contributed by atoms with E-state index in [1.807, 2.05) is 0 Å². The van der Waals surface area contributed by atoms with Gasteiger partial charge >= 0.3 is 0 Å². The summed E-state index contributed by atoms with van der Waals surface area (Å²) < 4.78 is 0. The lowest BCUT2D eigenvalue weighted by molar-refractivity contribution is 0.600. The van der Waals surface area contributed by atoms with Crippen LogP contribution >= 0.6 is 0 Å². The first-order valence-corrected chi connectivity index (χ1v) is 6.23. The molecule has 1 aliphatic carbocycles. The number of hydrogen-bond acceptors (Lipinski definition) is 1. The molecule has 2 rings (SSSR count). The highest BCUT2D eigenvalue weighted by atomic mass is 15.2. The van der Waals surface area contributed by atoms with Crippen molar-refractivity contribution >= 4 is 5.69 Å². The molecule has 0 aliphatic heterocycles. The minimum Gasteiger partial charge on any atom is -0.369 e. The Labute approximate surface area is 93.1 Å². The van der Waals surface area contributed by atoms with E-state index in [2.05, 4.69) is 42.2 Å². The Morgan fingerprint density at radius 1 is 1.13 bits per heavy atom. The number of benzene rings is 1. The summed E-state index contributed by atoms with van der Waals surface area (Å²) in [6, 6.07) is 11.7. The number of nitrogens with zero attached hydrogens (tertiary/aromatic N) is 1. The largest absolute Gasteiger partial charge is 0.369 e. The SMILES string of the molecule is CCCN(c1ccccc1)C1CCCC1. The van der Waals surface area contributed by atoms with E-state index in [-0.39, 0.29) is 0 Å². The van der Waals surface area contributed by atoms with Gasteiger partial charge in [0, 0.05) is 18.3 Å². The zero-order chi connectivity index (χ0) is 10.5. The van der Waals surface area contributed by atoms with Crippen LogP contribution < -0.4 is 4.90 Å². The fourth-order valence-corrected chi connectivity index (χ4v) is 2.60. The zero-order valence-corrected chi connectivity index (χ0v) is 9.65. The maximum absolute atomic E-state index is 2.60. The number of para-hydroxylation sites is 1. The molecule has 15 heavy (non-hydrogen) atoms. The van der Waals surface area contributed by atoms with Gasteiger partial charge in [-0.25, -0.2) is 0 Å². The second kappa shape index (κ2) is 5.20. The molecule has 1 aromatic carbocycles. The quantitative estimate of drug-likeness (QED) is 0.718. The van der Waals surface area contributed by atoms with E-state index < -0.39 is 0 Å². The van der Waals surface area contributed by atoms with E-state index >= 15 is 0 Å². The molecule has 0 heterocycles. The first-order valence-electron chi connectivity index (χ1n) is 6.23. The first kappa shape index (κ1) is 10.5. The molecule has 82 valence electrons. The Morgan fingerprint density at radius 2 is 1.80 bits per heavy atom. The Balaban J connectivity index is 2.11. The Bertz CT molecular complexity index is 275. The van der Waals surface area contributed by atoms with Crippen LogP contribution in [0, 0.1) is 0 Å². The molecular weight excluding hydrogens is 182 g/mol. The molecule has 0 amide bonds. The van der Waals surface area contributed by atoms with Crippen LogP contribution in [0.25, 0.3) is 0 Å². The predicted molar refractivity (Wildman–Crippen MR) is 66.3 cm³/mol. The van der Waals surface area contributed by atoms with Gasteiger partial charge < -0.3 is 4.90 Å². The van der Waals surface area contributed by atoms with Crippen LogP contribution in [0.3, 0.4) is 0 Å². The molecule has 0 unspecified atom stereocenters. The Kier molecular flexibility index (Phi) is 3.65. The van der Waals surface area contributed by atoms with Crippen molar-refractivity contribution in [2.75, 3.05) is 11.4 Å². The topological polar surface area (TPSA) is 3.24 Å². The van der Waals surface area contributed by atoms with Crippen molar-refractivity contribution < 1.29 is 0 Å². The summed E-state index contributed by atoms with van der Waals surface area (Å²) in [5.41, 5.74) is 1.41. The number of rotatable bonds is 4. The molecule has 1 fully saturated rings. The standard InChI is InChI=1S/C14H21N/c1-2-12-15(14-10-6-7-11-14)13-8-4-3-5-9-13/h3-5,8-9,14H,2,6-7,10-12H2,1H3. The van der Waals surface area contributed by atoms with Gasteiger partial charge in [-0.2, -0.15) is 0 Å². The average Bonchev–Trinajstić information content (AvgIpc) is 2.80. The van der Waals surface area contributed by atoms with Crippen molar-refractivity contribution in [1.29, 1.82) is 0 Å². The molecule has 1 nitrogen and oxygen atoms in total. The van der Waals surface area contributed by atoms with E-state index in [4.69, 9.17) is 0 Å². The van der Waals surface area contributed by atoms with Crippen LogP contribution in [0.5, 0.6) is 0 Å². The number of anilines is 1. The Morgan fingerprint density at radius 3 is 2.40 bits per heavy atom. The van der Waals surface area contributed by atoms with Gasteiger partial charge in [0.1, 0.15) is 0 Å². The van der Waals surface area contributed by atoms with Gasteiger partial charge in [0.25, 0.3) is 0 Å². The fraction of sp³-hybridized carbons (Fsp3) is 0.571. The summed E-state index contributed by atoms with van der Waals surface area (Å²) >= 11 is 0. The maximum Gasteiger partial charge on any atom is 0.0368 e.